The summed E-state index contributed by atoms with van der Waals surface area (Å²) in [6.07, 6.45) is 1.04. The summed E-state index contributed by atoms with van der Waals surface area (Å²) in [5.74, 6) is 0.564. The Morgan fingerprint density at radius 3 is 2.60 bits per heavy atom. The highest BCUT2D eigenvalue weighted by molar-refractivity contribution is 5.87. The van der Waals surface area contributed by atoms with Gasteiger partial charge in [-0.2, -0.15) is 0 Å². The summed E-state index contributed by atoms with van der Waals surface area (Å²) in [7, 11) is 0. The van der Waals surface area contributed by atoms with Crippen LogP contribution in [0.1, 0.15) is 51.2 Å². The van der Waals surface area contributed by atoms with Crippen molar-refractivity contribution in [3.63, 3.8) is 0 Å². The smallest absolute Gasteiger partial charge is 0.410 e. The van der Waals surface area contributed by atoms with Crippen molar-refractivity contribution in [1.82, 2.24) is 19.9 Å². The number of oxazole rings is 1. The molecule has 1 aliphatic heterocycles. The predicted octanol–water partition coefficient (Wildman–Crippen LogP) is 5.29. The van der Waals surface area contributed by atoms with Gasteiger partial charge in [0.2, 0.25) is 0 Å². The third-order valence-electron chi connectivity index (χ3n) is 6.15. The quantitative estimate of drug-likeness (QED) is 0.420. The van der Waals surface area contributed by atoms with E-state index in [2.05, 4.69) is 9.97 Å². The Kier molecular flexibility index (Phi) is 5.57. The van der Waals surface area contributed by atoms with E-state index in [1.54, 1.807) is 30.0 Å². The van der Waals surface area contributed by atoms with E-state index < -0.39 is 11.4 Å². The van der Waals surface area contributed by atoms with Gasteiger partial charge in [-0.1, -0.05) is 6.07 Å². The van der Waals surface area contributed by atoms with Gasteiger partial charge in [0.05, 0.1) is 10.9 Å². The second-order valence-electron chi connectivity index (χ2n) is 9.96. The zero-order chi connectivity index (χ0) is 24.9. The van der Waals surface area contributed by atoms with Crippen molar-refractivity contribution < 1.29 is 18.3 Å². The fourth-order valence-electron chi connectivity index (χ4n) is 4.46. The molecule has 0 aliphatic carbocycles. The summed E-state index contributed by atoms with van der Waals surface area (Å²) in [4.78, 5) is 38.7. The first-order valence-corrected chi connectivity index (χ1v) is 11.7. The van der Waals surface area contributed by atoms with Crippen molar-refractivity contribution in [1.29, 1.82) is 0 Å². The summed E-state index contributed by atoms with van der Waals surface area (Å²) in [5, 5.41) is 0.423. The molecule has 9 heteroatoms. The maximum atomic E-state index is 14.5. The maximum absolute atomic E-state index is 14.5. The number of hydrogen-bond acceptors (Lipinski definition) is 6. The number of ether oxygens (including phenoxy) is 1. The first-order valence-electron chi connectivity index (χ1n) is 11.7. The third-order valence-corrected chi connectivity index (χ3v) is 6.15. The maximum Gasteiger partial charge on any atom is 0.410 e. The molecule has 2 aromatic carbocycles. The summed E-state index contributed by atoms with van der Waals surface area (Å²) in [5.41, 5.74) is 1.59. The molecule has 1 amide bonds. The normalized spacial score (nSPS) is 15.2. The number of piperidine rings is 1. The van der Waals surface area contributed by atoms with Gasteiger partial charge in [0.1, 0.15) is 16.9 Å². The van der Waals surface area contributed by atoms with Crippen LogP contribution in [0.4, 0.5) is 9.18 Å². The Labute approximate surface area is 201 Å². The minimum atomic E-state index is -0.538. The number of fused-ring (bicyclic) bond motifs is 2. The molecule has 1 saturated heterocycles. The van der Waals surface area contributed by atoms with Crippen LogP contribution in [0.3, 0.4) is 0 Å². The fraction of sp³-hybridized carbons (Fsp3) is 0.385. The number of aryl methyl sites for hydroxylation is 1. The summed E-state index contributed by atoms with van der Waals surface area (Å²) in [6.45, 7) is 8.27. The van der Waals surface area contributed by atoms with Crippen molar-refractivity contribution in [2.24, 2.45) is 0 Å². The number of halogens is 1. The standard InChI is InChI=1S/C26H27FN4O4/c1-14-28-22-19(27)12-17(13-21(22)34-14)16-5-6-20-18(11-16)24(32)30-23(29-20)15-7-9-31(10-8-15)25(33)35-26(2,3)4/h5-6,11-13,15H,7-10H2,1-4H3,(H,29,30,32). The molecular weight excluding hydrogens is 451 g/mol. The molecule has 35 heavy (non-hydrogen) atoms. The minimum Gasteiger partial charge on any atom is -0.444 e. The molecule has 1 N–H and O–H groups in total. The minimum absolute atomic E-state index is 0.0386. The second-order valence-corrected chi connectivity index (χ2v) is 9.96. The van der Waals surface area contributed by atoms with Gasteiger partial charge in [-0.15, -0.1) is 0 Å². The van der Waals surface area contributed by atoms with Crippen molar-refractivity contribution in [3.05, 3.63) is 58.2 Å². The Morgan fingerprint density at radius 1 is 1.14 bits per heavy atom. The monoisotopic (exact) mass is 478 g/mol. The average molecular weight is 479 g/mol. The summed E-state index contributed by atoms with van der Waals surface area (Å²) in [6, 6.07) is 8.40. The predicted molar refractivity (Wildman–Crippen MR) is 130 cm³/mol. The number of hydrogen-bond donors (Lipinski definition) is 1. The summed E-state index contributed by atoms with van der Waals surface area (Å²) >= 11 is 0. The molecule has 1 aliphatic rings. The Morgan fingerprint density at radius 2 is 1.89 bits per heavy atom. The van der Waals surface area contributed by atoms with E-state index >= 15 is 0 Å². The lowest BCUT2D eigenvalue weighted by Crippen LogP contribution is -2.41. The topological polar surface area (TPSA) is 101 Å². The fourth-order valence-corrected chi connectivity index (χ4v) is 4.46. The van der Waals surface area contributed by atoms with Crippen molar-refractivity contribution in [2.75, 3.05) is 13.1 Å². The second kappa shape index (κ2) is 8.48. The molecule has 1 fully saturated rings. The number of likely N-dealkylation sites (tertiary alicyclic amines) is 1. The van der Waals surface area contributed by atoms with Gasteiger partial charge >= 0.3 is 6.09 Å². The van der Waals surface area contributed by atoms with Gasteiger partial charge in [0, 0.05) is 25.9 Å². The molecule has 8 nitrogen and oxygen atoms in total. The first kappa shape index (κ1) is 23.0. The highest BCUT2D eigenvalue weighted by Gasteiger charge is 2.28. The number of carbonyl (C=O) groups is 1. The van der Waals surface area contributed by atoms with E-state index in [-0.39, 0.29) is 23.1 Å². The Bertz CT molecular complexity index is 1490. The number of H-pyrrole nitrogens is 1. The SMILES string of the molecule is Cc1nc2c(F)cc(-c3ccc4nc(C5CCN(C(=O)OC(C)(C)C)CC5)[nH]c(=O)c4c3)cc2o1. The van der Waals surface area contributed by atoms with E-state index in [1.807, 2.05) is 26.8 Å². The van der Waals surface area contributed by atoms with Crippen LogP contribution >= 0.6 is 0 Å². The average Bonchev–Trinajstić information content (AvgIpc) is 3.18. The molecule has 3 heterocycles. The first-order chi connectivity index (χ1) is 16.6. The van der Waals surface area contributed by atoms with Crippen LogP contribution in [0.25, 0.3) is 33.1 Å². The lowest BCUT2D eigenvalue weighted by atomic mass is 9.96. The van der Waals surface area contributed by atoms with E-state index in [4.69, 9.17) is 14.1 Å². The lowest BCUT2D eigenvalue weighted by molar-refractivity contribution is 0.0203. The van der Waals surface area contributed by atoms with Crippen LogP contribution < -0.4 is 5.56 Å². The van der Waals surface area contributed by atoms with Crippen LogP contribution in [0.5, 0.6) is 0 Å². The van der Waals surface area contributed by atoms with Crippen LogP contribution in [0, 0.1) is 12.7 Å². The highest BCUT2D eigenvalue weighted by atomic mass is 19.1. The molecule has 0 unspecified atom stereocenters. The van der Waals surface area contributed by atoms with Gasteiger partial charge in [-0.05, 0) is 69.0 Å². The van der Waals surface area contributed by atoms with Crippen LogP contribution in [-0.4, -0.2) is 44.6 Å². The Balaban J connectivity index is 1.38. The van der Waals surface area contributed by atoms with Crippen LogP contribution in [0.15, 0.2) is 39.5 Å². The van der Waals surface area contributed by atoms with Gasteiger partial charge in [0.15, 0.2) is 17.3 Å². The van der Waals surface area contributed by atoms with E-state index in [0.29, 0.717) is 65.3 Å². The van der Waals surface area contributed by atoms with Gasteiger partial charge in [0.25, 0.3) is 5.56 Å². The number of rotatable bonds is 2. The van der Waals surface area contributed by atoms with E-state index in [1.165, 1.54) is 6.07 Å². The zero-order valence-electron chi connectivity index (χ0n) is 20.1. The number of nitrogens with zero attached hydrogens (tertiary/aromatic N) is 3. The van der Waals surface area contributed by atoms with Crippen LogP contribution in [-0.2, 0) is 4.74 Å². The number of carbonyl (C=O) groups excluding carboxylic acids is 1. The number of amides is 1. The number of aromatic amines is 1. The number of benzene rings is 2. The molecule has 0 saturated carbocycles. The van der Waals surface area contributed by atoms with E-state index in [0.717, 1.165) is 0 Å². The van der Waals surface area contributed by atoms with Crippen molar-refractivity contribution in [3.8, 4) is 11.1 Å². The zero-order valence-corrected chi connectivity index (χ0v) is 20.1. The molecular formula is C26H27FN4O4. The van der Waals surface area contributed by atoms with Gasteiger partial charge < -0.3 is 19.0 Å². The number of nitrogens with one attached hydrogen (secondary N) is 1. The van der Waals surface area contributed by atoms with Gasteiger partial charge in [-0.3, -0.25) is 4.79 Å². The van der Waals surface area contributed by atoms with Crippen LogP contribution in [0.2, 0.25) is 0 Å². The molecule has 5 rings (SSSR count). The van der Waals surface area contributed by atoms with Crippen molar-refractivity contribution >= 4 is 28.1 Å². The molecule has 182 valence electrons. The van der Waals surface area contributed by atoms with Gasteiger partial charge in [-0.25, -0.2) is 19.2 Å². The molecule has 0 spiro atoms. The highest BCUT2D eigenvalue weighted by Crippen LogP contribution is 2.30. The van der Waals surface area contributed by atoms with Crippen molar-refractivity contribution in [2.45, 2.75) is 52.1 Å². The lowest BCUT2D eigenvalue weighted by Gasteiger charge is -2.33. The van der Waals surface area contributed by atoms with E-state index in [9.17, 15) is 14.0 Å². The summed E-state index contributed by atoms with van der Waals surface area (Å²) < 4.78 is 25.5. The number of aromatic nitrogens is 3. The largest absolute Gasteiger partial charge is 0.444 e. The Hall–Kier alpha value is -3.75. The molecule has 0 radical (unpaired) electrons. The third kappa shape index (κ3) is 4.62. The molecule has 0 atom stereocenters. The molecule has 0 bridgehead atoms. The molecule has 4 aromatic rings. The molecule has 2 aromatic heterocycles.